The molecule has 0 aliphatic heterocycles. The molecular formula is C10H10BrN5O. The van der Waals surface area contributed by atoms with Crippen LogP contribution in [0, 0.1) is 6.92 Å². The maximum Gasteiger partial charge on any atom is 0.293 e. The van der Waals surface area contributed by atoms with Crippen LogP contribution in [0.25, 0.3) is 0 Å². The third kappa shape index (κ3) is 2.62. The summed E-state index contributed by atoms with van der Waals surface area (Å²) in [6.45, 7) is 1.97. The SMILES string of the molecule is Cc1ccc(NC(=O)c2nc(N)n[nH]2)c(Br)c1. The lowest BCUT2D eigenvalue weighted by atomic mass is 10.2. The topological polar surface area (TPSA) is 96.7 Å². The van der Waals surface area contributed by atoms with E-state index in [-0.39, 0.29) is 11.8 Å². The summed E-state index contributed by atoms with van der Waals surface area (Å²) >= 11 is 3.37. The summed E-state index contributed by atoms with van der Waals surface area (Å²) in [4.78, 5) is 15.5. The van der Waals surface area contributed by atoms with Gasteiger partial charge in [-0.1, -0.05) is 6.07 Å². The van der Waals surface area contributed by atoms with E-state index in [1.165, 1.54) is 0 Å². The van der Waals surface area contributed by atoms with Crippen molar-refractivity contribution in [2.24, 2.45) is 0 Å². The number of anilines is 2. The van der Waals surface area contributed by atoms with Crippen molar-refractivity contribution in [3.63, 3.8) is 0 Å². The first-order chi connectivity index (χ1) is 8.06. The Balaban J connectivity index is 2.18. The molecule has 0 saturated carbocycles. The summed E-state index contributed by atoms with van der Waals surface area (Å²) in [6, 6.07) is 5.61. The first-order valence-corrected chi connectivity index (χ1v) is 5.61. The van der Waals surface area contributed by atoms with Crippen LogP contribution in [0.2, 0.25) is 0 Å². The summed E-state index contributed by atoms with van der Waals surface area (Å²) in [5.74, 6) is -0.271. The number of nitrogens with zero attached hydrogens (tertiary/aromatic N) is 2. The molecule has 1 aromatic carbocycles. The number of nitrogens with one attached hydrogen (secondary N) is 2. The van der Waals surface area contributed by atoms with E-state index in [4.69, 9.17) is 5.73 Å². The molecule has 1 heterocycles. The van der Waals surface area contributed by atoms with E-state index in [2.05, 4.69) is 36.4 Å². The molecule has 0 spiro atoms. The Bertz CT molecular complexity index is 566. The second-order valence-corrected chi connectivity index (χ2v) is 4.33. The van der Waals surface area contributed by atoms with Crippen molar-refractivity contribution >= 4 is 33.5 Å². The van der Waals surface area contributed by atoms with E-state index >= 15 is 0 Å². The van der Waals surface area contributed by atoms with Gasteiger partial charge in [0.05, 0.1) is 5.69 Å². The van der Waals surface area contributed by atoms with E-state index in [0.29, 0.717) is 5.69 Å². The van der Waals surface area contributed by atoms with E-state index < -0.39 is 5.91 Å². The number of aryl methyl sites for hydroxylation is 1. The fourth-order valence-electron chi connectivity index (χ4n) is 1.28. The van der Waals surface area contributed by atoms with Crippen LogP contribution >= 0.6 is 15.9 Å². The summed E-state index contributed by atoms with van der Waals surface area (Å²) in [5.41, 5.74) is 7.08. The summed E-state index contributed by atoms with van der Waals surface area (Å²) in [5, 5.41) is 8.72. The van der Waals surface area contributed by atoms with Crippen molar-refractivity contribution < 1.29 is 4.79 Å². The number of aromatic amines is 1. The van der Waals surface area contributed by atoms with Crippen LogP contribution in [0.15, 0.2) is 22.7 Å². The Hall–Kier alpha value is -1.89. The second kappa shape index (κ2) is 4.54. The summed E-state index contributed by atoms with van der Waals surface area (Å²) in [7, 11) is 0. The minimum absolute atomic E-state index is 0.0399. The molecule has 0 unspecified atom stereocenters. The third-order valence-electron chi connectivity index (χ3n) is 2.09. The molecule has 6 nitrogen and oxygen atoms in total. The van der Waals surface area contributed by atoms with Crippen molar-refractivity contribution in [1.29, 1.82) is 0 Å². The van der Waals surface area contributed by atoms with E-state index in [1.807, 2.05) is 19.1 Å². The molecule has 0 saturated heterocycles. The van der Waals surface area contributed by atoms with Crippen molar-refractivity contribution in [2.75, 3.05) is 11.1 Å². The zero-order chi connectivity index (χ0) is 12.4. The van der Waals surface area contributed by atoms with Crippen molar-refractivity contribution in [2.45, 2.75) is 6.92 Å². The second-order valence-electron chi connectivity index (χ2n) is 3.48. The van der Waals surface area contributed by atoms with Crippen LogP contribution in [0.3, 0.4) is 0 Å². The van der Waals surface area contributed by atoms with Crippen molar-refractivity contribution in [3.8, 4) is 0 Å². The van der Waals surface area contributed by atoms with Gasteiger partial charge in [-0.3, -0.25) is 9.89 Å². The zero-order valence-electron chi connectivity index (χ0n) is 8.99. The Labute approximate surface area is 106 Å². The maximum atomic E-state index is 11.7. The fraction of sp³-hybridized carbons (Fsp3) is 0.100. The molecule has 88 valence electrons. The summed E-state index contributed by atoms with van der Waals surface area (Å²) in [6.07, 6.45) is 0. The molecule has 7 heteroatoms. The van der Waals surface area contributed by atoms with Gasteiger partial charge in [-0.05, 0) is 40.5 Å². The molecule has 4 N–H and O–H groups in total. The lowest BCUT2D eigenvalue weighted by Crippen LogP contribution is -2.14. The first-order valence-electron chi connectivity index (χ1n) is 4.81. The van der Waals surface area contributed by atoms with Crippen LogP contribution < -0.4 is 11.1 Å². The Kier molecular flexibility index (Phi) is 3.10. The number of amides is 1. The highest BCUT2D eigenvalue weighted by Crippen LogP contribution is 2.23. The van der Waals surface area contributed by atoms with Gasteiger partial charge in [0.25, 0.3) is 5.91 Å². The summed E-state index contributed by atoms with van der Waals surface area (Å²) < 4.78 is 0.804. The molecule has 1 amide bonds. The van der Waals surface area contributed by atoms with Crippen LogP contribution in [-0.4, -0.2) is 21.1 Å². The molecule has 17 heavy (non-hydrogen) atoms. The average molecular weight is 296 g/mol. The molecule has 0 aliphatic carbocycles. The number of nitrogens with two attached hydrogens (primary N) is 1. The van der Waals surface area contributed by atoms with Crippen LogP contribution in [-0.2, 0) is 0 Å². The average Bonchev–Trinajstić information content (AvgIpc) is 2.69. The number of carbonyl (C=O) groups is 1. The van der Waals surface area contributed by atoms with Gasteiger partial charge in [-0.15, -0.1) is 5.10 Å². The predicted octanol–water partition coefficient (Wildman–Crippen LogP) is 1.71. The van der Waals surface area contributed by atoms with Gasteiger partial charge in [0.15, 0.2) is 0 Å². The van der Waals surface area contributed by atoms with Crippen LogP contribution in [0.5, 0.6) is 0 Å². The molecular weight excluding hydrogens is 286 g/mol. The molecule has 2 aromatic rings. The quantitative estimate of drug-likeness (QED) is 0.786. The number of H-pyrrole nitrogens is 1. The molecule has 0 aliphatic rings. The van der Waals surface area contributed by atoms with Gasteiger partial charge in [0, 0.05) is 4.47 Å². The van der Waals surface area contributed by atoms with Gasteiger partial charge in [0.2, 0.25) is 11.8 Å². The fourth-order valence-corrected chi connectivity index (χ4v) is 1.87. The molecule has 0 radical (unpaired) electrons. The smallest absolute Gasteiger partial charge is 0.293 e. The van der Waals surface area contributed by atoms with Gasteiger partial charge in [0.1, 0.15) is 0 Å². The lowest BCUT2D eigenvalue weighted by Gasteiger charge is -2.06. The molecule has 0 bridgehead atoms. The van der Waals surface area contributed by atoms with Gasteiger partial charge in [-0.25, -0.2) is 0 Å². The van der Waals surface area contributed by atoms with Gasteiger partial charge >= 0.3 is 0 Å². The number of rotatable bonds is 2. The van der Waals surface area contributed by atoms with E-state index in [0.717, 1.165) is 10.0 Å². The standard InChI is InChI=1S/C10H10BrN5O/c1-5-2-3-7(6(11)4-5)13-9(17)8-14-10(12)16-15-8/h2-4H,1H3,(H,13,17)(H3,12,14,15,16). The molecule has 1 aromatic heterocycles. The maximum absolute atomic E-state index is 11.7. The van der Waals surface area contributed by atoms with Crippen LogP contribution in [0.4, 0.5) is 11.6 Å². The highest BCUT2D eigenvalue weighted by Gasteiger charge is 2.12. The van der Waals surface area contributed by atoms with Gasteiger partial charge in [-0.2, -0.15) is 4.98 Å². The lowest BCUT2D eigenvalue weighted by molar-refractivity contribution is 0.101. The minimum atomic E-state index is -0.390. The number of hydrogen-bond acceptors (Lipinski definition) is 4. The first kappa shape index (κ1) is 11.6. The van der Waals surface area contributed by atoms with Gasteiger partial charge < -0.3 is 11.1 Å². The number of hydrogen-bond donors (Lipinski definition) is 3. The number of nitrogen functional groups attached to an aromatic ring is 1. The largest absolute Gasteiger partial charge is 0.366 e. The highest BCUT2D eigenvalue weighted by molar-refractivity contribution is 9.10. The normalized spacial score (nSPS) is 10.2. The molecule has 0 atom stereocenters. The number of carbonyl (C=O) groups excluding carboxylic acids is 1. The Morgan fingerprint density at radius 2 is 2.29 bits per heavy atom. The number of halogens is 1. The number of benzene rings is 1. The Morgan fingerprint density at radius 3 is 2.88 bits per heavy atom. The van der Waals surface area contributed by atoms with E-state index in [1.54, 1.807) is 6.07 Å². The monoisotopic (exact) mass is 295 g/mol. The zero-order valence-corrected chi connectivity index (χ0v) is 10.6. The molecule has 2 rings (SSSR count). The van der Waals surface area contributed by atoms with E-state index in [9.17, 15) is 4.79 Å². The van der Waals surface area contributed by atoms with Crippen molar-refractivity contribution in [1.82, 2.24) is 15.2 Å². The minimum Gasteiger partial charge on any atom is -0.366 e. The van der Waals surface area contributed by atoms with Crippen LogP contribution in [0.1, 0.15) is 16.2 Å². The predicted molar refractivity (Wildman–Crippen MR) is 67.6 cm³/mol. The Morgan fingerprint density at radius 1 is 1.53 bits per heavy atom. The number of aromatic nitrogens is 3. The third-order valence-corrected chi connectivity index (χ3v) is 2.75. The highest BCUT2D eigenvalue weighted by atomic mass is 79.9. The molecule has 0 fully saturated rings. The van der Waals surface area contributed by atoms with Crippen molar-refractivity contribution in [3.05, 3.63) is 34.1 Å².